The van der Waals surface area contributed by atoms with Gasteiger partial charge in [0.1, 0.15) is 11.6 Å². The minimum atomic E-state index is -1.24. The quantitative estimate of drug-likeness (QED) is 0.392. The maximum Gasteiger partial charge on any atom is 0.343 e. The van der Waals surface area contributed by atoms with Crippen molar-refractivity contribution < 1.29 is 27.1 Å². The molecule has 0 spiro atoms. The number of ether oxygens (including phenoxy) is 1. The molecule has 2 nitrogen and oxygen atoms in total. The maximum atomic E-state index is 14.3. The normalized spacial score (nSPS) is 20.0. The number of hydrogen-bond acceptors (Lipinski definition) is 2. The highest BCUT2D eigenvalue weighted by atomic mass is 19.1. The minimum absolute atomic E-state index is 0.0669. The van der Waals surface area contributed by atoms with Crippen molar-refractivity contribution in [3.63, 3.8) is 0 Å². The predicted octanol–water partition coefficient (Wildman–Crippen LogP) is 5.76. The first-order valence-electron chi connectivity index (χ1n) is 8.50. The van der Waals surface area contributed by atoms with Crippen LogP contribution in [-0.2, 0) is 0 Å². The van der Waals surface area contributed by atoms with Crippen LogP contribution in [0.2, 0.25) is 0 Å². The predicted molar refractivity (Wildman–Crippen MR) is 88.0 cm³/mol. The molecule has 0 saturated heterocycles. The number of hydrogen-bond donors (Lipinski definition) is 0. The molecule has 2 aromatic carbocycles. The van der Waals surface area contributed by atoms with Gasteiger partial charge < -0.3 is 4.74 Å². The third-order valence-corrected chi connectivity index (χ3v) is 4.80. The third-order valence-electron chi connectivity index (χ3n) is 4.80. The first kappa shape index (κ1) is 18.4. The van der Waals surface area contributed by atoms with Gasteiger partial charge in [-0.2, -0.15) is 0 Å². The molecule has 1 aliphatic carbocycles. The standard InChI is InChI=1S/C20H18F4O2/c1-11-2-4-12(5-3-11)13-8-17(23)19(18(24)9-13)26-20(25)14-6-15(21)10-16(22)7-14/h6-12H,2-5H2,1H3. The van der Waals surface area contributed by atoms with Gasteiger partial charge in [-0.1, -0.05) is 19.8 Å². The second-order valence-electron chi connectivity index (χ2n) is 6.82. The molecule has 0 amide bonds. The molecule has 0 bridgehead atoms. The summed E-state index contributed by atoms with van der Waals surface area (Å²) >= 11 is 0. The van der Waals surface area contributed by atoms with Gasteiger partial charge in [-0.05, 0) is 54.5 Å². The molecule has 1 aliphatic rings. The van der Waals surface area contributed by atoms with E-state index in [1.54, 1.807) is 0 Å². The minimum Gasteiger partial charge on any atom is -0.417 e. The Kier molecular flexibility index (Phi) is 5.30. The third kappa shape index (κ3) is 4.06. The Hall–Kier alpha value is -2.37. The van der Waals surface area contributed by atoms with E-state index in [0.717, 1.165) is 37.8 Å². The van der Waals surface area contributed by atoms with Crippen LogP contribution >= 0.6 is 0 Å². The molecular formula is C20H18F4O2. The zero-order valence-electron chi connectivity index (χ0n) is 14.2. The molecule has 0 heterocycles. The SMILES string of the molecule is CC1CCC(c2cc(F)c(OC(=O)c3cc(F)cc(F)c3)c(F)c2)CC1. The Morgan fingerprint density at radius 1 is 0.885 bits per heavy atom. The number of benzene rings is 2. The fourth-order valence-electron chi connectivity index (χ4n) is 3.33. The molecule has 6 heteroatoms. The molecule has 0 aliphatic heterocycles. The van der Waals surface area contributed by atoms with Crippen molar-refractivity contribution in [1.82, 2.24) is 0 Å². The van der Waals surface area contributed by atoms with Gasteiger partial charge in [0.25, 0.3) is 0 Å². The van der Waals surface area contributed by atoms with E-state index in [2.05, 4.69) is 6.92 Å². The number of carbonyl (C=O) groups is 1. The molecule has 0 unspecified atom stereocenters. The summed E-state index contributed by atoms with van der Waals surface area (Å²) in [4.78, 5) is 12.0. The molecule has 0 aromatic heterocycles. The van der Waals surface area contributed by atoms with Crippen LogP contribution < -0.4 is 4.74 Å². The van der Waals surface area contributed by atoms with Crippen molar-refractivity contribution in [3.05, 3.63) is 64.7 Å². The molecule has 138 valence electrons. The summed E-state index contributed by atoms with van der Waals surface area (Å²) in [6, 6.07) is 4.38. The van der Waals surface area contributed by atoms with Crippen molar-refractivity contribution in [2.24, 2.45) is 5.92 Å². The van der Waals surface area contributed by atoms with Gasteiger partial charge in [0.15, 0.2) is 11.6 Å². The van der Waals surface area contributed by atoms with E-state index in [1.807, 2.05) is 0 Å². The Bertz CT molecular complexity index is 783. The van der Waals surface area contributed by atoms with Crippen LogP contribution in [0.3, 0.4) is 0 Å². The summed E-state index contributed by atoms with van der Waals surface area (Å²) in [6.45, 7) is 2.15. The molecule has 26 heavy (non-hydrogen) atoms. The van der Waals surface area contributed by atoms with Gasteiger partial charge in [-0.25, -0.2) is 22.4 Å². The molecule has 0 radical (unpaired) electrons. The highest BCUT2D eigenvalue weighted by Gasteiger charge is 2.24. The van der Waals surface area contributed by atoms with Crippen molar-refractivity contribution in [2.45, 2.75) is 38.5 Å². The first-order chi connectivity index (χ1) is 12.3. The summed E-state index contributed by atoms with van der Waals surface area (Å²) in [5.41, 5.74) is 0.0649. The highest BCUT2D eigenvalue weighted by Crippen LogP contribution is 2.37. The Morgan fingerprint density at radius 2 is 1.42 bits per heavy atom. The lowest BCUT2D eigenvalue weighted by atomic mass is 9.79. The van der Waals surface area contributed by atoms with Crippen LogP contribution in [0.25, 0.3) is 0 Å². The van der Waals surface area contributed by atoms with Gasteiger partial charge in [-0.15, -0.1) is 0 Å². The number of rotatable bonds is 3. The molecule has 2 aromatic rings. The van der Waals surface area contributed by atoms with Crippen molar-refractivity contribution in [2.75, 3.05) is 0 Å². The molecule has 3 rings (SSSR count). The lowest BCUT2D eigenvalue weighted by molar-refractivity contribution is 0.0719. The summed E-state index contributed by atoms with van der Waals surface area (Å²) in [5, 5.41) is 0. The fourth-order valence-corrected chi connectivity index (χ4v) is 3.33. The smallest absolute Gasteiger partial charge is 0.343 e. The maximum absolute atomic E-state index is 14.3. The summed E-state index contributed by atoms with van der Waals surface area (Å²) in [7, 11) is 0. The largest absolute Gasteiger partial charge is 0.417 e. The van der Waals surface area contributed by atoms with Crippen LogP contribution in [0.15, 0.2) is 30.3 Å². The Labute approximate surface area is 148 Å². The van der Waals surface area contributed by atoms with E-state index in [4.69, 9.17) is 4.74 Å². The van der Waals surface area contributed by atoms with Crippen molar-refractivity contribution in [1.29, 1.82) is 0 Å². The topological polar surface area (TPSA) is 26.3 Å². The second-order valence-corrected chi connectivity index (χ2v) is 6.82. The number of esters is 1. The van der Waals surface area contributed by atoms with E-state index in [1.165, 1.54) is 12.1 Å². The van der Waals surface area contributed by atoms with E-state index in [9.17, 15) is 22.4 Å². The van der Waals surface area contributed by atoms with E-state index >= 15 is 0 Å². The van der Waals surface area contributed by atoms with E-state index < -0.39 is 40.6 Å². The highest BCUT2D eigenvalue weighted by molar-refractivity contribution is 5.91. The van der Waals surface area contributed by atoms with Crippen LogP contribution in [-0.4, -0.2) is 5.97 Å². The molecule has 0 N–H and O–H groups in total. The second kappa shape index (κ2) is 7.48. The van der Waals surface area contributed by atoms with Crippen LogP contribution in [0.4, 0.5) is 17.6 Å². The molecular weight excluding hydrogens is 348 g/mol. The lowest BCUT2D eigenvalue weighted by Gasteiger charge is -2.26. The van der Waals surface area contributed by atoms with Crippen LogP contribution in [0.1, 0.15) is 54.4 Å². The Balaban J connectivity index is 1.81. The first-order valence-corrected chi connectivity index (χ1v) is 8.50. The molecule has 0 atom stereocenters. The molecule has 1 saturated carbocycles. The van der Waals surface area contributed by atoms with E-state index in [0.29, 0.717) is 17.5 Å². The van der Waals surface area contributed by atoms with Crippen LogP contribution in [0, 0.1) is 29.2 Å². The Morgan fingerprint density at radius 3 is 1.96 bits per heavy atom. The number of halogens is 4. The average molecular weight is 366 g/mol. The van der Waals surface area contributed by atoms with E-state index in [-0.39, 0.29) is 5.92 Å². The summed E-state index contributed by atoms with van der Waals surface area (Å²) in [5.74, 6) is -5.43. The summed E-state index contributed by atoms with van der Waals surface area (Å²) < 4.78 is 59.7. The molecule has 1 fully saturated rings. The monoisotopic (exact) mass is 366 g/mol. The zero-order valence-corrected chi connectivity index (χ0v) is 14.2. The number of carbonyl (C=O) groups excluding carboxylic acids is 1. The van der Waals surface area contributed by atoms with Gasteiger partial charge in [0.05, 0.1) is 5.56 Å². The van der Waals surface area contributed by atoms with Crippen molar-refractivity contribution in [3.8, 4) is 5.75 Å². The summed E-state index contributed by atoms with van der Waals surface area (Å²) in [6.07, 6.45) is 3.69. The average Bonchev–Trinajstić information content (AvgIpc) is 2.57. The van der Waals surface area contributed by atoms with Crippen molar-refractivity contribution >= 4 is 5.97 Å². The van der Waals surface area contributed by atoms with Crippen LogP contribution in [0.5, 0.6) is 5.75 Å². The zero-order chi connectivity index (χ0) is 18.8. The van der Waals surface area contributed by atoms with Gasteiger partial charge in [0, 0.05) is 6.07 Å². The van der Waals surface area contributed by atoms with Gasteiger partial charge in [0.2, 0.25) is 5.75 Å². The van der Waals surface area contributed by atoms with Gasteiger partial charge >= 0.3 is 5.97 Å². The fraction of sp³-hybridized carbons (Fsp3) is 0.350. The van der Waals surface area contributed by atoms with Gasteiger partial charge in [-0.3, -0.25) is 0 Å². The lowest BCUT2D eigenvalue weighted by Crippen LogP contribution is -2.14.